The fraction of sp³-hybridized carbons (Fsp3) is 0.800. The molecule has 0 amide bonds. The summed E-state index contributed by atoms with van der Waals surface area (Å²) in [5.41, 5.74) is 7.98. The third kappa shape index (κ3) is 1.19. The van der Waals surface area contributed by atoms with E-state index in [0.717, 1.165) is 0 Å². The van der Waals surface area contributed by atoms with Crippen LogP contribution in [0.2, 0.25) is 0 Å². The number of cyclic esters (lactones) is 1. The van der Waals surface area contributed by atoms with Crippen molar-refractivity contribution in [3.8, 4) is 0 Å². The molecule has 1 aliphatic heterocycles. The Bertz CT molecular complexity index is 197. The molecule has 1 heterocycles. The molecule has 0 unspecified atom stereocenters. The second-order valence-corrected chi connectivity index (χ2v) is 2.20. The molecule has 0 saturated carbocycles. The summed E-state index contributed by atoms with van der Waals surface area (Å²) < 4.78 is 4.72. The summed E-state index contributed by atoms with van der Waals surface area (Å²) in [6.07, 6.45) is 0.395. The fourth-order valence-corrected chi connectivity index (χ4v) is 0.892. The van der Waals surface area contributed by atoms with Gasteiger partial charge in [0.1, 0.15) is 6.04 Å². The van der Waals surface area contributed by atoms with Crippen molar-refractivity contribution in [2.24, 2.45) is 5.11 Å². The molecule has 0 spiro atoms. The highest BCUT2D eigenvalue weighted by atomic mass is 16.6. The highest BCUT2D eigenvalue weighted by molar-refractivity contribution is 5.78. The molecular weight excluding hydrogens is 134 g/mol. The highest BCUT2D eigenvalue weighted by Crippen LogP contribution is 2.16. The predicted octanol–water partition coefficient (Wildman–Crippen LogP) is 1.00. The Morgan fingerprint density at radius 3 is 3.00 bits per heavy atom. The summed E-state index contributed by atoms with van der Waals surface area (Å²) in [6.45, 7) is 1.77. The van der Waals surface area contributed by atoms with Gasteiger partial charge in [-0.05, 0) is 12.5 Å². The van der Waals surface area contributed by atoms with Crippen molar-refractivity contribution < 1.29 is 9.53 Å². The molecule has 1 aliphatic rings. The first kappa shape index (κ1) is 6.89. The zero-order chi connectivity index (χ0) is 7.56. The molecule has 1 rings (SSSR count). The third-order valence-corrected chi connectivity index (χ3v) is 1.34. The van der Waals surface area contributed by atoms with Gasteiger partial charge in [-0.2, -0.15) is 0 Å². The molecule has 0 bridgehead atoms. The van der Waals surface area contributed by atoms with E-state index in [2.05, 4.69) is 10.0 Å². The number of hydrogen-bond acceptors (Lipinski definition) is 3. The van der Waals surface area contributed by atoms with E-state index in [1.807, 2.05) is 0 Å². The molecule has 5 heteroatoms. The van der Waals surface area contributed by atoms with Crippen LogP contribution in [0.3, 0.4) is 0 Å². The van der Waals surface area contributed by atoms with Crippen LogP contribution in [0.1, 0.15) is 13.3 Å². The smallest absolute Gasteiger partial charge is 0.315 e. The lowest BCUT2D eigenvalue weighted by Crippen LogP contribution is -2.09. The summed E-state index contributed by atoms with van der Waals surface area (Å²) in [6, 6.07) is -0.597. The Balaban J connectivity index is 2.63. The second kappa shape index (κ2) is 2.58. The minimum Gasteiger partial charge on any atom is -0.462 e. The van der Waals surface area contributed by atoms with Gasteiger partial charge in [-0.1, -0.05) is 5.11 Å². The molecule has 1 fully saturated rings. The number of azide groups is 1. The van der Waals surface area contributed by atoms with Crippen molar-refractivity contribution in [2.75, 3.05) is 0 Å². The Labute approximate surface area is 57.6 Å². The molecule has 5 nitrogen and oxygen atoms in total. The zero-order valence-corrected chi connectivity index (χ0v) is 5.52. The quantitative estimate of drug-likeness (QED) is 0.236. The Kier molecular flexibility index (Phi) is 1.78. The van der Waals surface area contributed by atoms with Crippen LogP contribution in [0.4, 0.5) is 0 Å². The van der Waals surface area contributed by atoms with Gasteiger partial charge >= 0.3 is 5.97 Å². The molecule has 0 aromatic rings. The van der Waals surface area contributed by atoms with Crippen molar-refractivity contribution in [3.63, 3.8) is 0 Å². The van der Waals surface area contributed by atoms with Crippen LogP contribution in [-0.2, 0) is 9.53 Å². The monoisotopic (exact) mass is 141 g/mol. The van der Waals surface area contributed by atoms with Gasteiger partial charge in [0.25, 0.3) is 0 Å². The van der Waals surface area contributed by atoms with Crippen molar-refractivity contribution in [1.82, 2.24) is 0 Å². The second-order valence-electron chi connectivity index (χ2n) is 2.20. The first-order chi connectivity index (χ1) is 4.74. The normalized spacial score (nSPS) is 31.1. The maximum atomic E-state index is 10.7. The average molecular weight is 141 g/mol. The van der Waals surface area contributed by atoms with Crippen LogP contribution < -0.4 is 0 Å². The molecule has 0 radical (unpaired) electrons. The molecule has 54 valence electrons. The maximum absolute atomic E-state index is 10.7. The standard InChI is InChI=1S/C5H7N3O2/c1-3-2-4(7-8-6)5(9)10-3/h3-4H,2H2,1H3/t3-,4-/m1/s1. The summed E-state index contributed by atoms with van der Waals surface area (Å²) in [5, 5.41) is 3.26. The Morgan fingerprint density at radius 1 is 1.90 bits per heavy atom. The van der Waals surface area contributed by atoms with Crippen LogP contribution in [0.5, 0.6) is 0 Å². The topological polar surface area (TPSA) is 75.1 Å². The van der Waals surface area contributed by atoms with Crippen LogP contribution in [0.15, 0.2) is 5.11 Å². The van der Waals surface area contributed by atoms with E-state index in [1.165, 1.54) is 0 Å². The van der Waals surface area contributed by atoms with Crippen LogP contribution in [0.25, 0.3) is 10.4 Å². The van der Waals surface area contributed by atoms with Gasteiger partial charge in [0.2, 0.25) is 0 Å². The lowest BCUT2D eigenvalue weighted by molar-refractivity contribution is -0.141. The molecule has 2 atom stereocenters. The number of rotatable bonds is 1. The molecular formula is C5H7N3O2. The number of nitrogens with zero attached hydrogens (tertiary/aromatic N) is 3. The largest absolute Gasteiger partial charge is 0.462 e. The van der Waals surface area contributed by atoms with Gasteiger partial charge in [-0.25, -0.2) is 0 Å². The molecule has 0 aromatic heterocycles. The van der Waals surface area contributed by atoms with E-state index < -0.39 is 12.0 Å². The van der Waals surface area contributed by atoms with Crippen LogP contribution in [-0.4, -0.2) is 18.1 Å². The molecule has 0 aliphatic carbocycles. The minimum atomic E-state index is -0.597. The van der Waals surface area contributed by atoms with E-state index in [0.29, 0.717) is 6.42 Å². The number of esters is 1. The summed E-state index contributed by atoms with van der Waals surface area (Å²) in [5.74, 6) is -0.412. The predicted molar refractivity (Wildman–Crippen MR) is 33.1 cm³/mol. The van der Waals surface area contributed by atoms with E-state index >= 15 is 0 Å². The number of ether oxygens (including phenoxy) is 1. The van der Waals surface area contributed by atoms with Crippen molar-refractivity contribution >= 4 is 5.97 Å². The summed E-state index contributed by atoms with van der Waals surface area (Å²) in [4.78, 5) is 13.2. The first-order valence-corrected chi connectivity index (χ1v) is 2.98. The Hall–Kier alpha value is -1.22. The number of carbonyl (C=O) groups excluding carboxylic acids is 1. The number of hydrogen-bond donors (Lipinski definition) is 0. The minimum absolute atomic E-state index is 0.108. The van der Waals surface area contributed by atoms with E-state index in [-0.39, 0.29) is 6.10 Å². The first-order valence-electron chi connectivity index (χ1n) is 2.98. The van der Waals surface area contributed by atoms with Gasteiger partial charge in [0.05, 0.1) is 6.10 Å². The molecule has 10 heavy (non-hydrogen) atoms. The van der Waals surface area contributed by atoms with Gasteiger partial charge in [-0.15, -0.1) is 0 Å². The van der Waals surface area contributed by atoms with Gasteiger partial charge in [0.15, 0.2) is 0 Å². The average Bonchev–Trinajstić information content (AvgIpc) is 2.13. The summed E-state index contributed by atoms with van der Waals surface area (Å²) in [7, 11) is 0. The summed E-state index contributed by atoms with van der Waals surface area (Å²) >= 11 is 0. The van der Waals surface area contributed by atoms with Crippen molar-refractivity contribution in [3.05, 3.63) is 10.4 Å². The van der Waals surface area contributed by atoms with Gasteiger partial charge in [-0.3, -0.25) is 4.79 Å². The lowest BCUT2D eigenvalue weighted by Gasteiger charge is -1.95. The highest BCUT2D eigenvalue weighted by Gasteiger charge is 2.30. The lowest BCUT2D eigenvalue weighted by atomic mass is 10.2. The fourth-order valence-electron chi connectivity index (χ4n) is 0.892. The molecule has 0 aromatic carbocycles. The third-order valence-electron chi connectivity index (χ3n) is 1.34. The van der Waals surface area contributed by atoms with Crippen LogP contribution >= 0.6 is 0 Å². The molecule has 0 N–H and O–H groups in total. The van der Waals surface area contributed by atoms with Gasteiger partial charge in [0, 0.05) is 11.3 Å². The van der Waals surface area contributed by atoms with Crippen molar-refractivity contribution in [1.29, 1.82) is 0 Å². The van der Waals surface area contributed by atoms with E-state index in [1.54, 1.807) is 6.92 Å². The van der Waals surface area contributed by atoms with Crippen molar-refractivity contribution in [2.45, 2.75) is 25.5 Å². The van der Waals surface area contributed by atoms with E-state index in [4.69, 9.17) is 10.3 Å². The van der Waals surface area contributed by atoms with E-state index in [9.17, 15) is 4.79 Å². The van der Waals surface area contributed by atoms with Gasteiger partial charge < -0.3 is 4.74 Å². The SMILES string of the molecule is C[C@@H]1C[C@@H](N=[N+]=[N-])C(=O)O1. The Morgan fingerprint density at radius 2 is 2.60 bits per heavy atom. The van der Waals surface area contributed by atoms with Crippen LogP contribution in [0, 0.1) is 0 Å². The molecule has 1 saturated heterocycles. The zero-order valence-electron chi connectivity index (χ0n) is 5.52. The maximum Gasteiger partial charge on any atom is 0.315 e. The number of carbonyl (C=O) groups is 1.